The summed E-state index contributed by atoms with van der Waals surface area (Å²) in [4.78, 5) is 11.8. The Morgan fingerprint density at radius 3 is 3.06 bits per heavy atom. The van der Waals surface area contributed by atoms with Gasteiger partial charge in [0.25, 0.3) is 5.91 Å². The number of nitrogens with zero attached hydrogens (tertiary/aromatic N) is 1. The lowest BCUT2D eigenvalue weighted by Crippen LogP contribution is -2.35. The van der Waals surface area contributed by atoms with Gasteiger partial charge in [-0.05, 0) is 19.1 Å². The third-order valence-electron chi connectivity index (χ3n) is 2.30. The molecule has 2 aromatic heterocycles. The van der Waals surface area contributed by atoms with Gasteiger partial charge in [0.2, 0.25) is 5.76 Å². The molecule has 6 nitrogen and oxygen atoms in total. The lowest BCUT2D eigenvalue weighted by Gasteiger charge is -2.10. The molecule has 1 N–H and O–H groups in total. The first kappa shape index (κ1) is 12.4. The highest BCUT2D eigenvalue weighted by atomic mass is 16.5. The number of methoxy groups -OCH3 is 1. The van der Waals surface area contributed by atoms with E-state index in [1.165, 1.54) is 12.3 Å². The number of rotatable bonds is 5. The number of nitrogens with one attached hydrogen (secondary N) is 1. The number of ether oxygens (including phenoxy) is 1. The number of carbonyl (C=O) groups excluding carboxylic acids is 1. The molecule has 0 radical (unpaired) electrons. The first-order valence-electron chi connectivity index (χ1n) is 5.51. The molecule has 0 aromatic carbocycles. The molecule has 0 saturated heterocycles. The molecule has 1 amide bonds. The molecule has 0 spiro atoms. The van der Waals surface area contributed by atoms with Crippen molar-refractivity contribution in [3.63, 3.8) is 0 Å². The summed E-state index contributed by atoms with van der Waals surface area (Å²) in [5.74, 6) is 0.650. The average Bonchev–Trinajstić information content (AvgIpc) is 3.00. The Morgan fingerprint density at radius 2 is 2.39 bits per heavy atom. The second-order valence-electron chi connectivity index (χ2n) is 3.88. The van der Waals surface area contributed by atoms with E-state index in [1.54, 1.807) is 19.2 Å². The SMILES string of the molecule is COCC(C)NC(=O)c1cc(-c2ccco2)on1. The maximum absolute atomic E-state index is 11.8. The van der Waals surface area contributed by atoms with E-state index in [-0.39, 0.29) is 17.6 Å². The van der Waals surface area contributed by atoms with Gasteiger partial charge in [0.05, 0.1) is 12.9 Å². The minimum absolute atomic E-state index is 0.0914. The van der Waals surface area contributed by atoms with Crippen LogP contribution in [0.2, 0.25) is 0 Å². The van der Waals surface area contributed by atoms with Gasteiger partial charge in [-0.25, -0.2) is 0 Å². The molecule has 0 fully saturated rings. The van der Waals surface area contributed by atoms with Crippen LogP contribution in [0, 0.1) is 0 Å². The Hall–Kier alpha value is -2.08. The van der Waals surface area contributed by atoms with Gasteiger partial charge >= 0.3 is 0 Å². The van der Waals surface area contributed by atoms with E-state index in [0.717, 1.165) is 0 Å². The number of hydrogen-bond donors (Lipinski definition) is 1. The van der Waals surface area contributed by atoms with Crippen LogP contribution in [0.4, 0.5) is 0 Å². The zero-order chi connectivity index (χ0) is 13.0. The summed E-state index contributed by atoms with van der Waals surface area (Å²) < 4.78 is 15.1. The lowest BCUT2D eigenvalue weighted by atomic mass is 10.3. The van der Waals surface area contributed by atoms with Crippen molar-refractivity contribution in [3.8, 4) is 11.5 Å². The Kier molecular flexibility index (Phi) is 3.78. The van der Waals surface area contributed by atoms with E-state index in [2.05, 4.69) is 10.5 Å². The van der Waals surface area contributed by atoms with Crippen molar-refractivity contribution < 1.29 is 18.5 Å². The van der Waals surface area contributed by atoms with Crippen LogP contribution in [0.5, 0.6) is 0 Å². The predicted octanol–water partition coefficient (Wildman–Crippen LogP) is 1.70. The summed E-state index contributed by atoms with van der Waals surface area (Å²) in [7, 11) is 1.58. The quantitative estimate of drug-likeness (QED) is 0.873. The van der Waals surface area contributed by atoms with Gasteiger partial charge in [-0.3, -0.25) is 4.79 Å². The van der Waals surface area contributed by atoms with E-state index in [0.29, 0.717) is 18.1 Å². The summed E-state index contributed by atoms with van der Waals surface area (Å²) in [5.41, 5.74) is 0.212. The van der Waals surface area contributed by atoms with E-state index in [9.17, 15) is 4.79 Å². The van der Waals surface area contributed by atoms with Crippen LogP contribution in [0.3, 0.4) is 0 Å². The van der Waals surface area contributed by atoms with Gasteiger partial charge in [0, 0.05) is 19.2 Å². The fourth-order valence-corrected chi connectivity index (χ4v) is 1.51. The van der Waals surface area contributed by atoms with E-state index >= 15 is 0 Å². The summed E-state index contributed by atoms with van der Waals surface area (Å²) in [6, 6.07) is 4.91. The molecular weight excluding hydrogens is 236 g/mol. The van der Waals surface area contributed by atoms with Gasteiger partial charge in [-0.1, -0.05) is 5.16 Å². The number of amides is 1. The molecule has 2 rings (SSSR count). The van der Waals surface area contributed by atoms with Crippen LogP contribution in [0.15, 0.2) is 33.4 Å². The maximum atomic E-state index is 11.8. The van der Waals surface area contributed by atoms with Crippen LogP contribution < -0.4 is 5.32 Å². The molecular formula is C12H14N2O4. The van der Waals surface area contributed by atoms with Crippen molar-refractivity contribution >= 4 is 5.91 Å². The zero-order valence-corrected chi connectivity index (χ0v) is 10.2. The van der Waals surface area contributed by atoms with Crippen molar-refractivity contribution in [2.45, 2.75) is 13.0 Å². The van der Waals surface area contributed by atoms with Crippen LogP contribution in [-0.4, -0.2) is 30.8 Å². The molecule has 0 saturated carbocycles. The van der Waals surface area contributed by atoms with Crippen LogP contribution in [-0.2, 0) is 4.74 Å². The summed E-state index contributed by atoms with van der Waals surface area (Å²) in [6.45, 7) is 2.28. The Morgan fingerprint density at radius 1 is 1.56 bits per heavy atom. The average molecular weight is 250 g/mol. The third kappa shape index (κ3) is 2.78. The smallest absolute Gasteiger partial charge is 0.273 e. The predicted molar refractivity (Wildman–Crippen MR) is 63.0 cm³/mol. The Bertz CT molecular complexity index is 504. The Balaban J connectivity index is 2.04. The van der Waals surface area contributed by atoms with Gasteiger partial charge in [0.1, 0.15) is 0 Å². The van der Waals surface area contributed by atoms with Crippen molar-refractivity contribution in [2.24, 2.45) is 0 Å². The molecule has 0 aliphatic rings. The molecule has 1 unspecified atom stereocenters. The second-order valence-corrected chi connectivity index (χ2v) is 3.88. The second kappa shape index (κ2) is 5.50. The fourth-order valence-electron chi connectivity index (χ4n) is 1.51. The highest BCUT2D eigenvalue weighted by Gasteiger charge is 2.16. The molecule has 96 valence electrons. The topological polar surface area (TPSA) is 77.5 Å². The molecule has 0 aliphatic heterocycles. The molecule has 2 heterocycles. The van der Waals surface area contributed by atoms with E-state index in [1.807, 2.05) is 6.92 Å². The van der Waals surface area contributed by atoms with Gasteiger partial charge < -0.3 is 19.0 Å². The first-order valence-corrected chi connectivity index (χ1v) is 5.51. The lowest BCUT2D eigenvalue weighted by molar-refractivity contribution is 0.0896. The molecule has 2 aromatic rings. The molecule has 1 atom stereocenters. The van der Waals surface area contributed by atoms with Crippen molar-refractivity contribution in [1.29, 1.82) is 0 Å². The summed E-state index contributed by atoms with van der Waals surface area (Å²) in [6.07, 6.45) is 1.53. The number of furan rings is 1. The van der Waals surface area contributed by atoms with Crippen LogP contribution in [0.1, 0.15) is 17.4 Å². The monoisotopic (exact) mass is 250 g/mol. The first-order chi connectivity index (χ1) is 8.70. The van der Waals surface area contributed by atoms with E-state index in [4.69, 9.17) is 13.7 Å². The van der Waals surface area contributed by atoms with Gasteiger partial charge in [-0.15, -0.1) is 0 Å². The minimum Gasteiger partial charge on any atom is -0.461 e. The summed E-state index contributed by atoms with van der Waals surface area (Å²) in [5, 5.41) is 6.44. The molecule has 18 heavy (non-hydrogen) atoms. The number of hydrogen-bond acceptors (Lipinski definition) is 5. The van der Waals surface area contributed by atoms with Crippen LogP contribution >= 0.6 is 0 Å². The van der Waals surface area contributed by atoms with Crippen molar-refractivity contribution in [1.82, 2.24) is 10.5 Å². The standard InChI is InChI=1S/C12H14N2O4/c1-8(7-16-2)13-12(15)9-6-11(18-14-9)10-4-3-5-17-10/h3-6,8H,7H2,1-2H3,(H,13,15). The number of aromatic nitrogens is 1. The highest BCUT2D eigenvalue weighted by Crippen LogP contribution is 2.20. The highest BCUT2D eigenvalue weighted by molar-refractivity contribution is 5.93. The summed E-state index contributed by atoms with van der Waals surface area (Å²) >= 11 is 0. The largest absolute Gasteiger partial charge is 0.461 e. The molecule has 6 heteroatoms. The fraction of sp³-hybridized carbons (Fsp3) is 0.333. The van der Waals surface area contributed by atoms with Gasteiger partial charge in [0.15, 0.2) is 11.5 Å². The maximum Gasteiger partial charge on any atom is 0.273 e. The molecule has 0 bridgehead atoms. The van der Waals surface area contributed by atoms with Crippen molar-refractivity contribution in [2.75, 3.05) is 13.7 Å². The normalized spacial score (nSPS) is 12.3. The Labute approximate surface area is 104 Å². The third-order valence-corrected chi connectivity index (χ3v) is 2.30. The zero-order valence-electron chi connectivity index (χ0n) is 10.2. The minimum atomic E-state index is -0.305. The van der Waals surface area contributed by atoms with Crippen molar-refractivity contribution in [3.05, 3.63) is 30.2 Å². The van der Waals surface area contributed by atoms with Crippen LogP contribution in [0.25, 0.3) is 11.5 Å². The van der Waals surface area contributed by atoms with E-state index < -0.39 is 0 Å². The number of carbonyl (C=O) groups is 1. The van der Waals surface area contributed by atoms with Gasteiger partial charge in [-0.2, -0.15) is 0 Å². The molecule has 0 aliphatic carbocycles.